The smallest absolute Gasteiger partial charge is 0.262 e. The molecule has 0 spiro atoms. The van der Waals surface area contributed by atoms with E-state index in [1.165, 1.54) is 0 Å². The topological polar surface area (TPSA) is 50.6 Å². The molecule has 0 saturated carbocycles. The van der Waals surface area contributed by atoms with Crippen LogP contribution in [0.2, 0.25) is 0 Å². The first kappa shape index (κ1) is 16.3. The summed E-state index contributed by atoms with van der Waals surface area (Å²) in [5.41, 5.74) is 0. The quantitative estimate of drug-likeness (QED) is 0.777. The van der Waals surface area contributed by atoms with E-state index in [9.17, 15) is 13.6 Å². The lowest BCUT2D eigenvalue weighted by atomic mass is 10.1. The molecule has 2 fully saturated rings. The van der Waals surface area contributed by atoms with Gasteiger partial charge in [0.15, 0.2) is 0 Å². The standard InChI is InChI=1S/C15H22F2N4O2/c1-2-23-10-12-6-15(16,17)11-21(12)13-7-19(8-13)14(22)9-20-5-3-4-18-20/h3-5,12-13H,2,6-11H2,1H3/t12-/m0/s1. The van der Waals surface area contributed by atoms with E-state index in [-0.39, 0.29) is 37.5 Å². The first-order valence-corrected chi connectivity index (χ1v) is 7.95. The van der Waals surface area contributed by atoms with E-state index in [0.29, 0.717) is 26.3 Å². The number of hydrogen-bond acceptors (Lipinski definition) is 4. The molecule has 0 bridgehead atoms. The molecule has 8 heteroatoms. The van der Waals surface area contributed by atoms with Gasteiger partial charge in [-0.3, -0.25) is 14.4 Å². The zero-order chi connectivity index (χ0) is 16.4. The Kier molecular flexibility index (Phi) is 4.63. The number of hydrogen-bond donors (Lipinski definition) is 0. The van der Waals surface area contributed by atoms with Gasteiger partial charge in [-0.15, -0.1) is 0 Å². The molecule has 0 aromatic carbocycles. The summed E-state index contributed by atoms with van der Waals surface area (Å²) in [6.45, 7) is 3.65. The van der Waals surface area contributed by atoms with E-state index in [4.69, 9.17) is 4.74 Å². The van der Waals surface area contributed by atoms with Crippen molar-refractivity contribution < 1.29 is 18.3 Å². The van der Waals surface area contributed by atoms with Crippen molar-refractivity contribution in [1.82, 2.24) is 19.6 Å². The summed E-state index contributed by atoms with van der Waals surface area (Å²) in [6, 6.07) is 1.49. The first-order chi connectivity index (χ1) is 11.0. The molecule has 0 aliphatic carbocycles. The van der Waals surface area contributed by atoms with Gasteiger partial charge in [0.2, 0.25) is 5.91 Å². The highest BCUT2D eigenvalue weighted by atomic mass is 19.3. The van der Waals surface area contributed by atoms with Crippen molar-refractivity contribution in [2.24, 2.45) is 0 Å². The minimum Gasteiger partial charge on any atom is -0.380 e. The Bertz CT molecular complexity index is 532. The van der Waals surface area contributed by atoms with Crippen molar-refractivity contribution in [3.05, 3.63) is 18.5 Å². The molecule has 128 valence electrons. The van der Waals surface area contributed by atoms with Crippen molar-refractivity contribution in [2.75, 3.05) is 32.8 Å². The Hall–Kier alpha value is -1.54. The highest BCUT2D eigenvalue weighted by Crippen LogP contribution is 2.35. The van der Waals surface area contributed by atoms with Crippen LogP contribution < -0.4 is 0 Å². The second kappa shape index (κ2) is 6.52. The fourth-order valence-corrected chi connectivity index (χ4v) is 3.26. The van der Waals surface area contributed by atoms with Crippen LogP contribution in [-0.4, -0.2) is 76.3 Å². The maximum Gasteiger partial charge on any atom is 0.262 e. The molecular formula is C15H22F2N4O2. The number of halogens is 2. The molecule has 0 unspecified atom stereocenters. The second-order valence-electron chi connectivity index (χ2n) is 6.20. The summed E-state index contributed by atoms with van der Waals surface area (Å²) in [5.74, 6) is -2.70. The van der Waals surface area contributed by atoms with Crippen LogP contribution in [0.1, 0.15) is 13.3 Å². The van der Waals surface area contributed by atoms with Crippen molar-refractivity contribution in [3.63, 3.8) is 0 Å². The van der Waals surface area contributed by atoms with Crippen molar-refractivity contribution in [2.45, 2.75) is 37.9 Å². The fraction of sp³-hybridized carbons (Fsp3) is 0.733. The Balaban J connectivity index is 1.52. The van der Waals surface area contributed by atoms with Gasteiger partial charge >= 0.3 is 0 Å². The lowest BCUT2D eigenvalue weighted by Crippen LogP contribution is -2.63. The first-order valence-electron chi connectivity index (χ1n) is 7.95. The van der Waals surface area contributed by atoms with Crippen LogP contribution >= 0.6 is 0 Å². The lowest BCUT2D eigenvalue weighted by molar-refractivity contribution is -0.140. The number of rotatable bonds is 6. The van der Waals surface area contributed by atoms with Crippen molar-refractivity contribution >= 4 is 5.91 Å². The number of carbonyl (C=O) groups excluding carboxylic acids is 1. The van der Waals surface area contributed by atoms with Gasteiger partial charge in [0, 0.05) is 50.6 Å². The Morgan fingerprint density at radius 1 is 1.43 bits per heavy atom. The van der Waals surface area contributed by atoms with Crippen LogP contribution in [0.4, 0.5) is 8.78 Å². The monoisotopic (exact) mass is 328 g/mol. The largest absolute Gasteiger partial charge is 0.380 e. The molecule has 6 nitrogen and oxygen atoms in total. The molecule has 2 saturated heterocycles. The third-order valence-corrected chi connectivity index (χ3v) is 4.47. The minimum absolute atomic E-state index is 0.00426. The number of likely N-dealkylation sites (tertiary alicyclic amines) is 2. The van der Waals surface area contributed by atoms with Gasteiger partial charge < -0.3 is 9.64 Å². The Morgan fingerprint density at radius 3 is 2.87 bits per heavy atom. The molecule has 2 aliphatic rings. The Labute approximate surface area is 134 Å². The van der Waals surface area contributed by atoms with Gasteiger partial charge in [0.25, 0.3) is 5.92 Å². The summed E-state index contributed by atoms with van der Waals surface area (Å²) < 4.78 is 34.3. The maximum absolute atomic E-state index is 13.7. The molecule has 0 radical (unpaired) electrons. The minimum atomic E-state index is -2.67. The predicted octanol–water partition coefficient (Wildman–Crippen LogP) is 0.840. The van der Waals surface area contributed by atoms with Gasteiger partial charge in [-0.05, 0) is 13.0 Å². The number of amides is 1. The molecule has 3 heterocycles. The van der Waals surface area contributed by atoms with Crippen molar-refractivity contribution in [3.8, 4) is 0 Å². The summed E-state index contributed by atoms with van der Waals surface area (Å²) in [6.07, 6.45) is 3.19. The van der Waals surface area contributed by atoms with Crippen LogP contribution in [0.3, 0.4) is 0 Å². The fourth-order valence-electron chi connectivity index (χ4n) is 3.26. The van der Waals surface area contributed by atoms with E-state index < -0.39 is 5.92 Å². The average Bonchev–Trinajstić information content (AvgIpc) is 3.02. The van der Waals surface area contributed by atoms with E-state index in [2.05, 4.69) is 5.10 Å². The molecule has 1 aromatic rings. The second-order valence-corrected chi connectivity index (χ2v) is 6.20. The number of carbonyl (C=O) groups is 1. The molecule has 1 aromatic heterocycles. The number of aromatic nitrogens is 2. The third-order valence-electron chi connectivity index (χ3n) is 4.47. The van der Waals surface area contributed by atoms with Crippen LogP contribution in [-0.2, 0) is 16.1 Å². The molecular weight excluding hydrogens is 306 g/mol. The zero-order valence-corrected chi connectivity index (χ0v) is 13.2. The zero-order valence-electron chi connectivity index (χ0n) is 13.2. The Morgan fingerprint density at radius 2 is 2.22 bits per heavy atom. The number of alkyl halides is 2. The predicted molar refractivity (Wildman–Crippen MR) is 79.1 cm³/mol. The molecule has 1 atom stereocenters. The summed E-state index contributed by atoms with van der Waals surface area (Å²) in [4.78, 5) is 15.6. The van der Waals surface area contributed by atoms with Gasteiger partial charge in [0.05, 0.1) is 13.2 Å². The maximum atomic E-state index is 13.7. The van der Waals surface area contributed by atoms with Crippen LogP contribution in [0, 0.1) is 0 Å². The molecule has 0 N–H and O–H groups in total. The van der Waals surface area contributed by atoms with Gasteiger partial charge in [-0.25, -0.2) is 8.78 Å². The van der Waals surface area contributed by atoms with Gasteiger partial charge in [0.1, 0.15) is 6.54 Å². The summed E-state index contributed by atoms with van der Waals surface area (Å²) in [7, 11) is 0. The number of nitrogens with zero attached hydrogens (tertiary/aromatic N) is 4. The van der Waals surface area contributed by atoms with E-state index in [1.807, 2.05) is 11.8 Å². The molecule has 1 amide bonds. The summed E-state index contributed by atoms with van der Waals surface area (Å²) in [5, 5.41) is 4.00. The third kappa shape index (κ3) is 3.69. The van der Waals surface area contributed by atoms with Crippen LogP contribution in [0.15, 0.2) is 18.5 Å². The highest BCUT2D eigenvalue weighted by Gasteiger charge is 2.50. The lowest BCUT2D eigenvalue weighted by Gasteiger charge is -2.45. The SMILES string of the molecule is CCOC[C@@H]1CC(F)(F)CN1C1CN(C(=O)Cn2cccn2)C1. The highest BCUT2D eigenvalue weighted by molar-refractivity contribution is 5.76. The molecule has 23 heavy (non-hydrogen) atoms. The molecule has 3 rings (SSSR count). The average molecular weight is 328 g/mol. The van der Waals surface area contributed by atoms with Crippen LogP contribution in [0.25, 0.3) is 0 Å². The van der Waals surface area contributed by atoms with Gasteiger partial charge in [-0.2, -0.15) is 5.10 Å². The molecule has 2 aliphatic heterocycles. The summed E-state index contributed by atoms with van der Waals surface area (Å²) >= 11 is 0. The number of ether oxygens (including phenoxy) is 1. The van der Waals surface area contributed by atoms with Crippen LogP contribution in [0.5, 0.6) is 0 Å². The van der Waals surface area contributed by atoms with E-state index in [0.717, 1.165) is 0 Å². The van der Waals surface area contributed by atoms with Gasteiger partial charge in [-0.1, -0.05) is 0 Å². The van der Waals surface area contributed by atoms with Crippen molar-refractivity contribution in [1.29, 1.82) is 0 Å². The van der Waals surface area contributed by atoms with E-state index in [1.54, 1.807) is 28.0 Å². The normalized spacial score (nSPS) is 24.8. The van der Waals surface area contributed by atoms with E-state index >= 15 is 0 Å².